The number of hydrogen-bond acceptors (Lipinski definition) is 4. The number of piperidine rings is 1. The fourth-order valence-corrected chi connectivity index (χ4v) is 4.60. The summed E-state index contributed by atoms with van der Waals surface area (Å²) in [5.41, 5.74) is -0.754. The van der Waals surface area contributed by atoms with Crippen LogP contribution in [0.3, 0.4) is 0 Å². The minimum Gasteiger partial charge on any atom is -0.352 e. The van der Waals surface area contributed by atoms with Crippen molar-refractivity contribution in [3.63, 3.8) is 0 Å². The molecule has 0 radical (unpaired) electrons. The summed E-state index contributed by atoms with van der Waals surface area (Å²) in [6, 6.07) is 0.919. The Bertz CT molecular complexity index is 764. The van der Waals surface area contributed by atoms with Crippen LogP contribution in [0.5, 0.6) is 0 Å². The molecule has 1 aromatic rings. The first-order valence-electron chi connectivity index (χ1n) is 10.7. The van der Waals surface area contributed by atoms with E-state index in [4.69, 9.17) is 5.84 Å². The molecule has 3 rings (SSSR count). The molecule has 1 amide bonds. The van der Waals surface area contributed by atoms with E-state index in [1.807, 2.05) is 0 Å². The Kier molecular flexibility index (Phi) is 7.41. The molecule has 2 aliphatic rings. The molecular weight excluding hydrogens is 438 g/mol. The van der Waals surface area contributed by atoms with Gasteiger partial charge in [0.05, 0.1) is 11.1 Å². The van der Waals surface area contributed by atoms with E-state index in [1.165, 1.54) is 0 Å². The van der Waals surface area contributed by atoms with Crippen molar-refractivity contribution in [1.29, 1.82) is 0 Å². The summed E-state index contributed by atoms with van der Waals surface area (Å²) in [6.45, 7) is 2.63. The second kappa shape index (κ2) is 9.56. The molecule has 4 N–H and O–H groups in total. The highest BCUT2D eigenvalue weighted by Gasteiger charge is 2.38. The van der Waals surface area contributed by atoms with Gasteiger partial charge in [0.2, 0.25) is 0 Å². The molecule has 180 valence electrons. The average molecular weight is 466 g/mol. The first-order valence-corrected chi connectivity index (χ1v) is 10.7. The van der Waals surface area contributed by atoms with E-state index in [9.17, 15) is 31.1 Å². The summed E-state index contributed by atoms with van der Waals surface area (Å²) in [5, 5.41) is 2.51. The first kappa shape index (κ1) is 24.8. The summed E-state index contributed by atoms with van der Waals surface area (Å²) in [7, 11) is 0. The lowest BCUT2D eigenvalue weighted by molar-refractivity contribution is -0.143. The Morgan fingerprint density at radius 1 is 1.00 bits per heavy atom. The topological polar surface area (TPSA) is 70.4 Å². The lowest BCUT2D eigenvalue weighted by Gasteiger charge is -2.38. The standard InChI is InChI=1S/C21H28F6N4O/c22-20(23,24)16-9-15(10-17(11-16)21(25,26)27)18(32)29-12-14-3-7-31(8-4-14)13-19(30-28)5-1-2-6-19/h9-11,14,30H,1-8,12-13,28H2,(H,29,32). The average Bonchev–Trinajstić information content (AvgIpc) is 3.20. The van der Waals surface area contributed by atoms with Crippen LogP contribution >= 0.6 is 0 Å². The largest absolute Gasteiger partial charge is 0.416 e. The van der Waals surface area contributed by atoms with Crippen molar-refractivity contribution in [2.75, 3.05) is 26.2 Å². The number of benzene rings is 1. The molecule has 1 aliphatic carbocycles. The predicted octanol–water partition coefficient (Wildman–Crippen LogP) is 3.94. The molecule has 1 aromatic carbocycles. The molecule has 1 saturated carbocycles. The summed E-state index contributed by atoms with van der Waals surface area (Å²) in [6.07, 6.45) is -4.10. The fourth-order valence-electron chi connectivity index (χ4n) is 4.60. The molecule has 0 atom stereocenters. The predicted molar refractivity (Wildman–Crippen MR) is 106 cm³/mol. The molecule has 11 heteroatoms. The zero-order chi connectivity index (χ0) is 23.6. The van der Waals surface area contributed by atoms with Crippen LogP contribution < -0.4 is 16.6 Å². The van der Waals surface area contributed by atoms with E-state index < -0.39 is 35.0 Å². The number of amides is 1. The Morgan fingerprint density at radius 2 is 1.53 bits per heavy atom. The van der Waals surface area contributed by atoms with E-state index in [0.717, 1.165) is 58.2 Å². The summed E-state index contributed by atoms with van der Waals surface area (Å²) in [4.78, 5) is 14.7. The van der Waals surface area contributed by atoms with E-state index in [2.05, 4.69) is 15.6 Å². The zero-order valence-corrected chi connectivity index (χ0v) is 17.6. The molecule has 1 heterocycles. The maximum absolute atomic E-state index is 13.0. The third kappa shape index (κ3) is 6.14. The molecular formula is C21H28F6N4O. The van der Waals surface area contributed by atoms with Crippen LogP contribution in [0.2, 0.25) is 0 Å². The lowest BCUT2D eigenvalue weighted by atomic mass is 9.93. The van der Waals surface area contributed by atoms with Crippen LogP contribution in [0.1, 0.15) is 60.0 Å². The van der Waals surface area contributed by atoms with Gasteiger partial charge in [0.1, 0.15) is 0 Å². The monoisotopic (exact) mass is 466 g/mol. The number of halogens is 6. The molecule has 0 bridgehead atoms. The van der Waals surface area contributed by atoms with Crippen molar-refractivity contribution < 1.29 is 31.1 Å². The number of alkyl halides is 6. The van der Waals surface area contributed by atoms with Gasteiger partial charge in [-0.15, -0.1) is 0 Å². The maximum Gasteiger partial charge on any atom is 0.416 e. The second-order valence-electron chi connectivity index (χ2n) is 8.86. The number of carbonyl (C=O) groups excluding carboxylic acids is 1. The van der Waals surface area contributed by atoms with Crippen molar-refractivity contribution in [3.8, 4) is 0 Å². The minimum atomic E-state index is -4.99. The molecule has 32 heavy (non-hydrogen) atoms. The normalized spacial score (nSPS) is 20.5. The molecule has 0 aromatic heterocycles. The van der Waals surface area contributed by atoms with E-state index in [0.29, 0.717) is 12.1 Å². The first-order chi connectivity index (χ1) is 14.9. The maximum atomic E-state index is 13.0. The number of nitrogens with zero attached hydrogens (tertiary/aromatic N) is 1. The number of nitrogens with one attached hydrogen (secondary N) is 2. The Hall–Kier alpha value is -1.85. The van der Waals surface area contributed by atoms with Crippen molar-refractivity contribution in [2.24, 2.45) is 11.8 Å². The highest BCUT2D eigenvalue weighted by atomic mass is 19.4. The molecule has 1 aliphatic heterocycles. The van der Waals surface area contributed by atoms with Crippen LogP contribution in [-0.2, 0) is 12.4 Å². The van der Waals surface area contributed by atoms with Crippen molar-refractivity contribution in [1.82, 2.24) is 15.6 Å². The van der Waals surface area contributed by atoms with Crippen LogP contribution in [0.15, 0.2) is 18.2 Å². The molecule has 1 saturated heterocycles. The van der Waals surface area contributed by atoms with E-state index in [-0.39, 0.29) is 24.1 Å². The van der Waals surface area contributed by atoms with E-state index >= 15 is 0 Å². The van der Waals surface area contributed by atoms with Crippen LogP contribution in [0.4, 0.5) is 26.3 Å². The summed E-state index contributed by atoms with van der Waals surface area (Å²) < 4.78 is 78.0. The van der Waals surface area contributed by atoms with Gasteiger partial charge in [-0.25, -0.2) is 0 Å². The van der Waals surface area contributed by atoms with Gasteiger partial charge < -0.3 is 10.2 Å². The molecule has 2 fully saturated rings. The van der Waals surface area contributed by atoms with Gasteiger partial charge in [-0.05, 0) is 62.9 Å². The van der Waals surface area contributed by atoms with Crippen LogP contribution in [0, 0.1) is 5.92 Å². The Morgan fingerprint density at radius 3 is 2.00 bits per heavy atom. The highest BCUT2D eigenvalue weighted by molar-refractivity contribution is 5.94. The quantitative estimate of drug-likeness (QED) is 0.338. The number of hydrogen-bond donors (Lipinski definition) is 3. The Balaban J connectivity index is 1.56. The minimum absolute atomic E-state index is 0.0137. The smallest absolute Gasteiger partial charge is 0.352 e. The highest BCUT2D eigenvalue weighted by Crippen LogP contribution is 2.36. The van der Waals surface area contributed by atoms with Crippen molar-refractivity contribution >= 4 is 5.91 Å². The Labute approximate surface area is 182 Å². The van der Waals surface area contributed by atoms with Gasteiger partial charge in [-0.1, -0.05) is 12.8 Å². The van der Waals surface area contributed by atoms with Gasteiger partial charge >= 0.3 is 12.4 Å². The molecule has 0 spiro atoms. The third-order valence-electron chi connectivity index (χ3n) is 6.50. The fraction of sp³-hybridized carbons (Fsp3) is 0.667. The van der Waals surface area contributed by atoms with Gasteiger partial charge in [-0.2, -0.15) is 26.3 Å². The van der Waals surface area contributed by atoms with Crippen molar-refractivity contribution in [3.05, 3.63) is 34.9 Å². The van der Waals surface area contributed by atoms with Crippen LogP contribution in [-0.4, -0.2) is 42.5 Å². The van der Waals surface area contributed by atoms with Gasteiger partial charge in [0, 0.05) is 24.2 Å². The zero-order valence-electron chi connectivity index (χ0n) is 17.6. The number of carbonyl (C=O) groups is 1. The second-order valence-corrected chi connectivity index (χ2v) is 8.86. The van der Waals surface area contributed by atoms with Gasteiger partial charge in [-0.3, -0.25) is 16.1 Å². The van der Waals surface area contributed by atoms with Crippen molar-refractivity contribution in [2.45, 2.75) is 56.4 Å². The SMILES string of the molecule is NNC1(CN2CCC(CNC(=O)c3cc(C(F)(F)F)cc(C(F)(F)F)c3)CC2)CCCC1. The lowest BCUT2D eigenvalue weighted by Crippen LogP contribution is -2.56. The van der Waals surface area contributed by atoms with Gasteiger partial charge in [0.25, 0.3) is 5.91 Å². The molecule has 5 nitrogen and oxygen atoms in total. The number of hydrazine groups is 1. The summed E-state index contributed by atoms with van der Waals surface area (Å²) >= 11 is 0. The number of nitrogens with two attached hydrogens (primary N) is 1. The van der Waals surface area contributed by atoms with Gasteiger partial charge in [0.15, 0.2) is 0 Å². The van der Waals surface area contributed by atoms with Crippen LogP contribution in [0.25, 0.3) is 0 Å². The summed E-state index contributed by atoms with van der Waals surface area (Å²) in [5.74, 6) is 4.92. The number of likely N-dealkylation sites (tertiary alicyclic amines) is 1. The molecule has 0 unspecified atom stereocenters. The van der Waals surface area contributed by atoms with E-state index in [1.54, 1.807) is 0 Å². The number of rotatable bonds is 6. The third-order valence-corrected chi connectivity index (χ3v) is 6.50.